The molecule has 1 aromatic carbocycles. The fourth-order valence-electron chi connectivity index (χ4n) is 5.34. The van der Waals surface area contributed by atoms with Crippen LogP contribution in [0, 0.1) is 11.8 Å². The van der Waals surface area contributed by atoms with Crippen LogP contribution in [0.5, 0.6) is 5.75 Å². The van der Waals surface area contributed by atoms with Crippen LogP contribution < -0.4 is 0 Å². The third kappa shape index (κ3) is 1.55. The van der Waals surface area contributed by atoms with Crippen molar-refractivity contribution >= 4 is 10.9 Å². The third-order valence-electron chi connectivity index (χ3n) is 6.39. The molecule has 23 heavy (non-hydrogen) atoms. The highest BCUT2D eigenvalue weighted by atomic mass is 16.3. The van der Waals surface area contributed by atoms with E-state index < -0.39 is 6.10 Å². The van der Waals surface area contributed by atoms with Crippen LogP contribution in [0.25, 0.3) is 10.9 Å². The number of aromatic hydroxyl groups is 1. The number of rotatable bonds is 3. The SMILES string of the molecule is C=CC1C2CCN3C(C(O)c4ccnc5ccc(O)cc45)CC123. The fourth-order valence-corrected chi connectivity index (χ4v) is 5.34. The minimum atomic E-state index is -0.544. The monoisotopic (exact) mass is 308 g/mol. The Balaban J connectivity index is 1.50. The average molecular weight is 308 g/mol. The molecule has 0 bridgehead atoms. The van der Waals surface area contributed by atoms with E-state index in [1.54, 1.807) is 24.4 Å². The van der Waals surface area contributed by atoms with Gasteiger partial charge < -0.3 is 10.2 Å². The number of hydrogen-bond acceptors (Lipinski definition) is 4. The Labute approximate surface area is 135 Å². The van der Waals surface area contributed by atoms with Crippen LogP contribution in [0.1, 0.15) is 24.5 Å². The first-order chi connectivity index (χ1) is 11.2. The van der Waals surface area contributed by atoms with Crippen molar-refractivity contribution in [2.75, 3.05) is 6.54 Å². The van der Waals surface area contributed by atoms with Gasteiger partial charge in [-0.2, -0.15) is 0 Å². The predicted octanol–water partition coefficient (Wildman–Crippen LogP) is 2.62. The average Bonchev–Trinajstić information content (AvgIpc) is 3.12. The van der Waals surface area contributed by atoms with Crippen LogP contribution in [0.4, 0.5) is 0 Å². The van der Waals surface area contributed by atoms with Gasteiger partial charge in [0.15, 0.2) is 0 Å². The number of aliphatic hydroxyl groups excluding tert-OH is 1. The topological polar surface area (TPSA) is 56.6 Å². The number of piperidine rings is 1. The number of benzene rings is 1. The zero-order valence-corrected chi connectivity index (χ0v) is 12.9. The van der Waals surface area contributed by atoms with Crippen LogP contribution in [-0.4, -0.2) is 38.2 Å². The molecule has 1 aromatic heterocycles. The maximum atomic E-state index is 11.0. The highest BCUT2D eigenvalue weighted by molar-refractivity contribution is 5.83. The zero-order chi connectivity index (χ0) is 15.8. The predicted molar refractivity (Wildman–Crippen MR) is 88.0 cm³/mol. The van der Waals surface area contributed by atoms with Gasteiger partial charge in [-0.05, 0) is 61.1 Å². The molecule has 1 saturated carbocycles. The minimum Gasteiger partial charge on any atom is -0.508 e. The van der Waals surface area contributed by atoms with Gasteiger partial charge >= 0.3 is 0 Å². The molecule has 2 saturated heterocycles. The molecule has 2 aliphatic heterocycles. The summed E-state index contributed by atoms with van der Waals surface area (Å²) in [5.41, 5.74) is 1.98. The molecule has 5 atom stereocenters. The summed E-state index contributed by atoms with van der Waals surface area (Å²) in [7, 11) is 0. The Morgan fingerprint density at radius 2 is 2.26 bits per heavy atom. The smallest absolute Gasteiger partial charge is 0.116 e. The van der Waals surface area contributed by atoms with Crippen LogP contribution >= 0.6 is 0 Å². The Kier molecular flexibility index (Phi) is 2.55. The summed E-state index contributed by atoms with van der Waals surface area (Å²) < 4.78 is 0. The Hall–Kier alpha value is -1.91. The highest BCUT2D eigenvalue weighted by Crippen LogP contribution is 2.71. The highest BCUT2D eigenvalue weighted by Gasteiger charge is 2.76. The van der Waals surface area contributed by atoms with E-state index in [0.717, 1.165) is 35.3 Å². The Morgan fingerprint density at radius 3 is 3.04 bits per heavy atom. The van der Waals surface area contributed by atoms with Gasteiger partial charge in [0.1, 0.15) is 5.75 Å². The lowest BCUT2D eigenvalue weighted by Gasteiger charge is -2.50. The largest absolute Gasteiger partial charge is 0.508 e. The van der Waals surface area contributed by atoms with E-state index in [1.807, 2.05) is 6.07 Å². The van der Waals surface area contributed by atoms with Crippen molar-refractivity contribution in [1.29, 1.82) is 0 Å². The first kappa shape index (κ1) is 13.5. The molecule has 0 amide bonds. The quantitative estimate of drug-likeness (QED) is 0.856. The molecule has 3 fully saturated rings. The van der Waals surface area contributed by atoms with Gasteiger partial charge in [-0.1, -0.05) is 6.08 Å². The van der Waals surface area contributed by atoms with Gasteiger partial charge in [0.25, 0.3) is 0 Å². The first-order valence-electron chi connectivity index (χ1n) is 8.32. The molecule has 5 rings (SSSR count). The van der Waals surface area contributed by atoms with Gasteiger partial charge in [-0.3, -0.25) is 9.88 Å². The zero-order valence-electron chi connectivity index (χ0n) is 12.9. The molecule has 118 valence electrons. The molecular weight excluding hydrogens is 288 g/mol. The molecule has 2 N–H and O–H groups in total. The molecule has 1 aliphatic carbocycles. The van der Waals surface area contributed by atoms with Crippen LogP contribution in [-0.2, 0) is 0 Å². The van der Waals surface area contributed by atoms with E-state index >= 15 is 0 Å². The fraction of sp³-hybridized carbons (Fsp3) is 0.421. The van der Waals surface area contributed by atoms with Crippen molar-refractivity contribution in [2.24, 2.45) is 11.8 Å². The minimum absolute atomic E-state index is 0.165. The van der Waals surface area contributed by atoms with Gasteiger partial charge in [-0.15, -0.1) is 6.58 Å². The summed E-state index contributed by atoms with van der Waals surface area (Å²) in [5, 5.41) is 21.6. The van der Waals surface area contributed by atoms with E-state index in [1.165, 1.54) is 6.42 Å². The van der Waals surface area contributed by atoms with E-state index in [0.29, 0.717) is 11.5 Å². The number of fused-ring (bicyclic) bond motifs is 1. The number of aromatic nitrogens is 1. The standard InChI is InChI=1S/C19H20N2O2/c1-2-14-15-6-8-21-17(10-19(14,15)21)18(23)12-5-7-20-16-4-3-11(22)9-13(12)16/h2-5,7,9,14-15,17-18,22-23H,1,6,8,10H2. The number of phenols is 1. The van der Waals surface area contributed by atoms with Crippen LogP contribution in [0.15, 0.2) is 43.1 Å². The normalized spacial score (nSPS) is 36.1. The van der Waals surface area contributed by atoms with Crippen molar-refractivity contribution in [3.8, 4) is 5.75 Å². The van der Waals surface area contributed by atoms with E-state index in [-0.39, 0.29) is 11.8 Å². The number of pyridine rings is 1. The molecule has 4 nitrogen and oxygen atoms in total. The summed E-state index contributed by atoms with van der Waals surface area (Å²) >= 11 is 0. The molecule has 3 heterocycles. The van der Waals surface area contributed by atoms with Crippen molar-refractivity contribution in [2.45, 2.75) is 30.5 Å². The van der Waals surface area contributed by atoms with Gasteiger partial charge in [0, 0.05) is 23.2 Å². The van der Waals surface area contributed by atoms with Crippen LogP contribution in [0.2, 0.25) is 0 Å². The number of nitrogens with zero attached hydrogens (tertiary/aromatic N) is 2. The summed E-state index contributed by atoms with van der Waals surface area (Å²) in [5.74, 6) is 1.57. The van der Waals surface area contributed by atoms with E-state index in [4.69, 9.17) is 0 Å². The van der Waals surface area contributed by atoms with Gasteiger partial charge in [-0.25, -0.2) is 0 Å². The molecule has 5 unspecified atom stereocenters. The maximum absolute atomic E-state index is 11.0. The second-order valence-corrected chi connectivity index (χ2v) is 7.16. The number of hydrogen-bond donors (Lipinski definition) is 2. The summed E-state index contributed by atoms with van der Waals surface area (Å²) in [6, 6.07) is 7.17. The second-order valence-electron chi connectivity index (χ2n) is 7.16. The third-order valence-corrected chi connectivity index (χ3v) is 6.39. The number of aliphatic hydroxyl groups is 1. The first-order valence-corrected chi connectivity index (χ1v) is 8.32. The van der Waals surface area contributed by atoms with Crippen molar-refractivity contribution < 1.29 is 10.2 Å². The molecule has 1 spiro atoms. The molecule has 3 aliphatic rings. The molecule has 2 aromatic rings. The lowest BCUT2D eigenvalue weighted by molar-refractivity contribution is -0.0656. The van der Waals surface area contributed by atoms with Crippen molar-refractivity contribution in [3.63, 3.8) is 0 Å². The van der Waals surface area contributed by atoms with Crippen molar-refractivity contribution in [3.05, 3.63) is 48.7 Å². The molecule has 0 radical (unpaired) electrons. The van der Waals surface area contributed by atoms with E-state index in [9.17, 15) is 10.2 Å². The van der Waals surface area contributed by atoms with Gasteiger partial charge in [0.2, 0.25) is 0 Å². The Morgan fingerprint density at radius 1 is 1.39 bits per heavy atom. The summed E-state index contributed by atoms with van der Waals surface area (Å²) in [6.07, 6.45) is 5.55. The summed E-state index contributed by atoms with van der Waals surface area (Å²) in [4.78, 5) is 6.82. The Bertz CT molecular complexity index is 820. The summed E-state index contributed by atoms with van der Waals surface area (Å²) in [6.45, 7) is 5.05. The lowest BCUT2D eigenvalue weighted by atomic mass is 9.82. The second kappa shape index (κ2) is 4.34. The van der Waals surface area contributed by atoms with Crippen molar-refractivity contribution in [1.82, 2.24) is 9.88 Å². The number of phenolic OH excluding ortho intramolecular Hbond substituents is 1. The lowest BCUT2D eigenvalue weighted by Crippen LogP contribution is -2.59. The molecule has 4 heteroatoms. The van der Waals surface area contributed by atoms with E-state index in [2.05, 4.69) is 22.5 Å². The van der Waals surface area contributed by atoms with Crippen LogP contribution in [0.3, 0.4) is 0 Å². The molecular formula is C19H20N2O2. The maximum Gasteiger partial charge on any atom is 0.116 e. The van der Waals surface area contributed by atoms with Gasteiger partial charge in [0.05, 0.1) is 11.6 Å².